The lowest BCUT2D eigenvalue weighted by molar-refractivity contribution is -0.116. The average Bonchev–Trinajstić information content (AvgIpc) is 3.15. The van der Waals surface area contributed by atoms with Crippen molar-refractivity contribution in [3.05, 3.63) is 71.1 Å². The molecule has 0 bridgehead atoms. The minimum atomic E-state index is -0.842. The number of thiazole rings is 1. The Morgan fingerprint density at radius 1 is 1.10 bits per heavy atom. The smallest absolute Gasteiger partial charge is 0.254 e. The molecule has 2 amide bonds. The van der Waals surface area contributed by atoms with Gasteiger partial charge in [0.1, 0.15) is 18.2 Å². The van der Waals surface area contributed by atoms with Crippen LogP contribution >= 0.6 is 11.3 Å². The van der Waals surface area contributed by atoms with Gasteiger partial charge in [-0.3, -0.25) is 9.59 Å². The van der Waals surface area contributed by atoms with Crippen LogP contribution in [0.15, 0.2) is 53.9 Å². The minimum Gasteiger partial charge on any atom is -0.329 e. The molecule has 0 spiro atoms. The lowest BCUT2D eigenvalue weighted by Crippen LogP contribution is -2.38. The molecule has 150 valence electrons. The van der Waals surface area contributed by atoms with E-state index in [1.165, 1.54) is 16.2 Å². The van der Waals surface area contributed by atoms with E-state index < -0.39 is 23.4 Å². The third-order valence-corrected chi connectivity index (χ3v) is 4.80. The fraction of sp³-hybridized carbons (Fsp3) is 0.190. The maximum atomic E-state index is 13.4. The number of aromatic nitrogens is 1. The molecule has 0 radical (unpaired) electrons. The highest BCUT2D eigenvalue weighted by Gasteiger charge is 2.20. The molecule has 1 heterocycles. The van der Waals surface area contributed by atoms with Crippen molar-refractivity contribution in [2.75, 3.05) is 18.4 Å². The molecule has 0 saturated carbocycles. The van der Waals surface area contributed by atoms with Gasteiger partial charge in [0.15, 0.2) is 5.13 Å². The number of carbonyl (C=O) groups is 2. The zero-order valence-corrected chi connectivity index (χ0v) is 16.5. The molecular weight excluding hydrogens is 396 g/mol. The topological polar surface area (TPSA) is 62.3 Å². The van der Waals surface area contributed by atoms with Gasteiger partial charge in [0.25, 0.3) is 5.91 Å². The van der Waals surface area contributed by atoms with Crippen LogP contribution < -0.4 is 5.32 Å². The summed E-state index contributed by atoms with van der Waals surface area (Å²) < 4.78 is 26.9. The Balaban J connectivity index is 1.68. The van der Waals surface area contributed by atoms with Gasteiger partial charge in [-0.15, -0.1) is 11.3 Å². The first-order valence-electron chi connectivity index (χ1n) is 9.02. The first-order chi connectivity index (χ1) is 14.0. The third-order valence-electron chi connectivity index (χ3n) is 4.04. The lowest BCUT2D eigenvalue weighted by Gasteiger charge is -2.21. The predicted molar refractivity (Wildman–Crippen MR) is 109 cm³/mol. The Morgan fingerprint density at radius 3 is 2.45 bits per heavy atom. The van der Waals surface area contributed by atoms with Gasteiger partial charge in [0.2, 0.25) is 5.91 Å². The van der Waals surface area contributed by atoms with Gasteiger partial charge in [-0.1, -0.05) is 37.3 Å². The number of nitrogens with one attached hydrogen (secondary N) is 1. The van der Waals surface area contributed by atoms with Gasteiger partial charge in [-0.05, 0) is 18.6 Å². The van der Waals surface area contributed by atoms with Gasteiger partial charge in [-0.25, -0.2) is 13.8 Å². The van der Waals surface area contributed by atoms with E-state index in [2.05, 4.69) is 10.3 Å². The number of halogens is 2. The maximum Gasteiger partial charge on any atom is 0.254 e. The van der Waals surface area contributed by atoms with Crippen molar-refractivity contribution in [1.82, 2.24) is 9.88 Å². The number of nitrogens with zero attached hydrogens (tertiary/aromatic N) is 2. The third kappa shape index (κ3) is 5.45. The molecule has 29 heavy (non-hydrogen) atoms. The monoisotopic (exact) mass is 415 g/mol. The first-order valence-corrected chi connectivity index (χ1v) is 9.90. The molecule has 5 nitrogen and oxygen atoms in total. The van der Waals surface area contributed by atoms with E-state index in [4.69, 9.17) is 0 Å². The zero-order chi connectivity index (χ0) is 20.8. The van der Waals surface area contributed by atoms with Crippen LogP contribution in [0.5, 0.6) is 0 Å². The van der Waals surface area contributed by atoms with Gasteiger partial charge >= 0.3 is 0 Å². The summed E-state index contributed by atoms with van der Waals surface area (Å²) in [6.07, 6.45) is 0.590. The molecule has 0 aliphatic carbocycles. The number of hydrogen-bond acceptors (Lipinski definition) is 4. The number of amides is 2. The van der Waals surface area contributed by atoms with Gasteiger partial charge in [0, 0.05) is 29.1 Å². The molecule has 0 unspecified atom stereocenters. The fourth-order valence-electron chi connectivity index (χ4n) is 2.79. The molecule has 0 saturated heterocycles. The highest BCUT2D eigenvalue weighted by Crippen LogP contribution is 2.24. The number of benzene rings is 2. The van der Waals surface area contributed by atoms with Crippen molar-refractivity contribution < 1.29 is 18.4 Å². The van der Waals surface area contributed by atoms with Crippen LogP contribution in [0, 0.1) is 11.6 Å². The van der Waals surface area contributed by atoms with E-state index in [1.54, 1.807) is 0 Å². The normalized spacial score (nSPS) is 10.6. The predicted octanol–water partition coefficient (Wildman–Crippen LogP) is 4.58. The minimum absolute atomic E-state index is 0.135. The molecule has 3 aromatic rings. The fourth-order valence-corrected chi connectivity index (χ4v) is 3.52. The van der Waals surface area contributed by atoms with Crippen LogP contribution in [0.3, 0.4) is 0 Å². The van der Waals surface area contributed by atoms with Crippen molar-refractivity contribution in [1.29, 1.82) is 0 Å². The van der Waals surface area contributed by atoms with Gasteiger partial charge < -0.3 is 10.2 Å². The summed E-state index contributed by atoms with van der Waals surface area (Å²) in [6.45, 7) is 1.87. The molecular formula is C21H19F2N3O2S. The largest absolute Gasteiger partial charge is 0.329 e. The standard InChI is InChI=1S/C21H19F2N3O2S/c1-2-8-26(20(28)15-9-16(22)11-17(23)10-15)12-19(27)25-21-24-18(13-29-21)14-6-4-3-5-7-14/h3-7,9-11,13H,2,8,12H2,1H3,(H,24,25,27). The molecule has 1 N–H and O–H groups in total. The Hall–Kier alpha value is -3.13. The van der Waals surface area contributed by atoms with Gasteiger partial charge in [0.05, 0.1) is 5.69 Å². The van der Waals surface area contributed by atoms with Crippen molar-refractivity contribution in [3.63, 3.8) is 0 Å². The Labute approximate surface area is 171 Å². The second-order valence-electron chi connectivity index (χ2n) is 6.34. The Morgan fingerprint density at radius 2 is 1.79 bits per heavy atom. The van der Waals surface area contributed by atoms with Crippen molar-refractivity contribution in [2.24, 2.45) is 0 Å². The lowest BCUT2D eigenvalue weighted by atomic mass is 10.1. The highest BCUT2D eigenvalue weighted by molar-refractivity contribution is 7.14. The first kappa shape index (κ1) is 20.6. The molecule has 0 aliphatic heterocycles. The molecule has 3 rings (SSSR count). The summed E-state index contributed by atoms with van der Waals surface area (Å²) >= 11 is 1.28. The van der Waals surface area contributed by atoms with E-state index in [1.807, 2.05) is 42.6 Å². The van der Waals surface area contributed by atoms with Gasteiger partial charge in [-0.2, -0.15) is 0 Å². The number of hydrogen-bond donors (Lipinski definition) is 1. The average molecular weight is 415 g/mol. The Kier molecular flexibility index (Phi) is 6.66. The van der Waals surface area contributed by atoms with Crippen LogP contribution in [0.25, 0.3) is 11.3 Å². The quantitative estimate of drug-likeness (QED) is 0.614. The van der Waals surface area contributed by atoms with Crippen LogP contribution in [0.4, 0.5) is 13.9 Å². The van der Waals surface area contributed by atoms with E-state index in [0.29, 0.717) is 17.6 Å². The van der Waals surface area contributed by atoms with E-state index in [0.717, 1.165) is 23.4 Å². The molecule has 2 aromatic carbocycles. The summed E-state index contributed by atoms with van der Waals surface area (Å²) in [4.78, 5) is 30.7. The van der Waals surface area contributed by atoms with E-state index in [9.17, 15) is 18.4 Å². The number of anilines is 1. The van der Waals surface area contributed by atoms with Crippen LogP contribution in [0.2, 0.25) is 0 Å². The molecule has 0 aliphatic rings. The van der Waals surface area contributed by atoms with Crippen LogP contribution in [-0.2, 0) is 4.79 Å². The molecule has 0 atom stereocenters. The number of rotatable bonds is 7. The van der Waals surface area contributed by atoms with Crippen molar-refractivity contribution in [3.8, 4) is 11.3 Å². The van der Waals surface area contributed by atoms with Crippen LogP contribution in [0.1, 0.15) is 23.7 Å². The summed E-state index contributed by atoms with van der Waals surface area (Å²) in [5.74, 6) is -2.72. The maximum absolute atomic E-state index is 13.4. The van der Waals surface area contributed by atoms with Crippen LogP contribution in [-0.4, -0.2) is 34.8 Å². The number of carbonyl (C=O) groups excluding carboxylic acids is 2. The summed E-state index contributed by atoms with van der Waals surface area (Å²) in [7, 11) is 0. The Bertz CT molecular complexity index is 988. The summed E-state index contributed by atoms with van der Waals surface area (Å²) in [6, 6.07) is 12.1. The second-order valence-corrected chi connectivity index (χ2v) is 7.20. The zero-order valence-electron chi connectivity index (χ0n) is 15.7. The second kappa shape index (κ2) is 9.38. The SMILES string of the molecule is CCCN(CC(=O)Nc1nc(-c2ccccc2)cs1)C(=O)c1cc(F)cc(F)c1. The molecule has 0 fully saturated rings. The van der Waals surface area contributed by atoms with Crippen molar-refractivity contribution in [2.45, 2.75) is 13.3 Å². The summed E-state index contributed by atoms with van der Waals surface area (Å²) in [5.41, 5.74) is 1.53. The summed E-state index contributed by atoms with van der Waals surface area (Å²) in [5, 5.41) is 4.92. The molecule has 1 aromatic heterocycles. The molecule has 8 heteroatoms. The van der Waals surface area contributed by atoms with E-state index in [-0.39, 0.29) is 18.7 Å². The highest BCUT2D eigenvalue weighted by atomic mass is 32.1. The van der Waals surface area contributed by atoms with E-state index >= 15 is 0 Å². The van der Waals surface area contributed by atoms with Crippen molar-refractivity contribution >= 4 is 28.3 Å².